The van der Waals surface area contributed by atoms with Crippen LogP contribution >= 0.6 is 0 Å². The number of unbranched alkanes of at least 4 members (excludes halogenated alkanes) is 1. The highest BCUT2D eigenvalue weighted by atomic mass is 16.6. The van der Waals surface area contributed by atoms with E-state index in [9.17, 15) is 9.59 Å². The first-order valence-electron chi connectivity index (χ1n) is 7.30. The fraction of sp³-hybridized carbons (Fsp3) is 0.533. The molecule has 0 saturated carbocycles. The highest BCUT2D eigenvalue weighted by Crippen LogP contribution is 2.28. The number of Topliss-reactive ketones (excluding diaryl/α,β-unsaturated/α-hetero) is 1. The fourth-order valence-corrected chi connectivity index (χ4v) is 2.57. The minimum absolute atomic E-state index is 0.00280. The zero-order chi connectivity index (χ0) is 14.8. The number of fused-ring (bicyclic) bond motifs is 1. The van der Waals surface area contributed by atoms with E-state index in [0.717, 1.165) is 19.3 Å². The van der Waals surface area contributed by atoms with Crippen LogP contribution in [0.25, 0.3) is 0 Å². The normalized spacial score (nSPS) is 21.0. The average molecular weight is 290 g/mol. The molecule has 0 aromatic carbocycles. The van der Waals surface area contributed by atoms with Crippen molar-refractivity contribution in [3.05, 3.63) is 17.8 Å². The molecule has 2 aliphatic heterocycles. The number of aromatic nitrogens is 1. The fourth-order valence-electron chi connectivity index (χ4n) is 2.57. The lowest BCUT2D eigenvalue weighted by molar-refractivity contribution is -0.121. The molecule has 1 amide bonds. The van der Waals surface area contributed by atoms with Gasteiger partial charge < -0.3 is 9.47 Å². The molecule has 3 heterocycles. The summed E-state index contributed by atoms with van der Waals surface area (Å²) in [5.74, 6) is 1.14. The Balaban J connectivity index is 1.76. The van der Waals surface area contributed by atoms with Gasteiger partial charge in [0.05, 0.1) is 18.7 Å². The number of hydrogen-bond acceptors (Lipinski definition) is 5. The van der Waals surface area contributed by atoms with Crippen LogP contribution in [0.15, 0.2) is 12.1 Å². The second-order valence-corrected chi connectivity index (χ2v) is 5.38. The van der Waals surface area contributed by atoms with Crippen LogP contribution in [0.5, 0.6) is 5.75 Å². The molecule has 2 aliphatic rings. The highest BCUT2D eigenvalue weighted by Gasteiger charge is 2.33. The van der Waals surface area contributed by atoms with Crippen LogP contribution in [0.3, 0.4) is 0 Å². The summed E-state index contributed by atoms with van der Waals surface area (Å²) in [6, 6.07) is 3.49. The molecule has 1 atom stereocenters. The molecular formula is C15H18N2O4. The van der Waals surface area contributed by atoms with Crippen molar-refractivity contribution in [1.82, 2.24) is 4.98 Å². The number of rotatable bonds is 4. The standard InChI is InChI=1S/C15H18N2O4/c1-2-3-4-11-8-17(15(19)21-11)14-6-5-13-12(16-14)7-10(18)9-20-13/h5-6,11H,2-4,7-9H2,1H3. The quantitative estimate of drug-likeness (QED) is 0.849. The van der Waals surface area contributed by atoms with Crippen molar-refractivity contribution in [1.29, 1.82) is 0 Å². The highest BCUT2D eigenvalue weighted by molar-refractivity contribution is 5.89. The largest absolute Gasteiger partial charge is 0.484 e. The second kappa shape index (κ2) is 5.71. The van der Waals surface area contributed by atoms with Gasteiger partial charge in [0, 0.05) is 0 Å². The van der Waals surface area contributed by atoms with Crippen molar-refractivity contribution in [3.8, 4) is 5.75 Å². The molecule has 0 bridgehead atoms. The van der Waals surface area contributed by atoms with Gasteiger partial charge in [-0.3, -0.25) is 9.69 Å². The van der Waals surface area contributed by atoms with E-state index in [1.165, 1.54) is 4.90 Å². The number of carbonyl (C=O) groups is 2. The molecule has 1 aromatic heterocycles. The Morgan fingerprint density at radius 1 is 1.38 bits per heavy atom. The Labute approximate surface area is 123 Å². The van der Waals surface area contributed by atoms with Crippen LogP contribution in [0.1, 0.15) is 31.9 Å². The molecule has 3 rings (SSSR count). The zero-order valence-corrected chi connectivity index (χ0v) is 12.0. The van der Waals surface area contributed by atoms with Crippen LogP contribution in [0.2, 0.25) is 0 Å². The maximum absolute atomic E-state index is 11.9. The van der Waals surface area contributed by atoms with Crippen LogP contribution in [0.4, 0.5) is 10.6 Å². The third-order valence-electron chi connectivity index (χ3n) is 3.70. The topological polar surface area (TPSA) is 68.7 Å². The molecule has 21 heavy (non-hydrogen) atoms. The molecule has 1 unspecified atom stereocenters. The van der Waals surface area contributed by atoms with E-state index in [0.29, 0.717) is 23.8 Å². The van der Waals surface area contributed by atoms with Gasteiger partial charge in [-0.25, -0.2) is 9.78 Å². The third-order valence-corrected chi connectivity index (χ3v) is 3.70. The number of amides is 1. The predicted molar refractivity (Wildman–Crippen MR) is 75.6 cm³/mol. The SMILES string of the molecule is CCCCC1CN(c2ccc3c(n2)CC(=O)CO3)C(=O)O1. The molecule has 6 nitrogen and oxygen atoms in total. The van der Waals surface area contributed by atoms with Crippen molar-refractivity contribution >= 4 is 17.7 Å². The van der Waals surface area contributed by atoms with Gasteiger partial charge in [0.2, 0.25) is 0 Å². The van der Waals surface area contributed by atoms with Gasteiger partial charge in [0.1, 0.15) is 24.3 Å². The summed E-state index contributed by atoms with van der Waals surface area (Å²) in [5, 5.41) is 0. The zero-order valence-electron chi connectivity index (χ0n) is 12.0. The number of nitrogens with zero attached hydrogens (tertiary/aromatic N) is 2. The maximum Gasteiger partial charge on any atom is 0.415 e. The number of hydrogen-bond donors (Lipinski definition) is 0. The van der Waals surface area contributed by atoms with E-state index >= 15 is 0 Å². The Morgan fingerprint density at radius 3 is 3.05 bits per heavy atom. The Kier molecular flexibility index (Phi) is 3.77. The molecule has 0 aliphatic carbocycles. The smallest absolute Gasteiger partial charge is 0.415 e. The monoisotopic (exact) mass is 290 g/mol. The number of pyridine rings is 1. The van der Waals surface area contributed by atoms with Gasteiger partial charge in [0.25, 0.3) is 0 Å². The first-order valence-corrected chi connectivity index (χ1v) is 7.30. The molecule has 1 aromatic rings. The van der Waals surface area contributed by atoms with E-state index in [1.807, 2.05) is 0 Å². The number of cyclic esters (lactones) is 1. The molecule has 0 N–H and O–H groups in total. The number of ether oxygens (including phenoxy) is 2. The van der Waals surface area contributed by atoms with E-state index in [1.54, 1.807) is 12.1 Å². The van der Waals surface area contributed by atoms with Gasteiger partial charge in [-0.2, -0.15) is 0 Å². The third kappa shape index (κ3) is 2.84. The molecule has 0 radical (unpaired) electrons. The lowest BCUT2D eigenvalue weighted by atomic mass is 10.1. The van der Waals surface area contributed by atoms with Gasteiger partial charge in [-0.1, -0.05) is 13.3 Å². The van der Waals surface area contributed by atoms with Gasteiger partial charge >= 0.3 is 6.09 Å². The van der Waals surface area contributed by atoms with Crippen LogP contribution in [-0.4, -0.2) is 36.1 Å². The van der Waals surface area contributed by atoms with E-state index in [2.05, 4.69) is 11.9 Å². The van der Waals surface area contributed by atoms with Crippen LogP contribution < -0.4 is 9.64 Å². The van der Waals surface area contributed by atoms with Gasteiger partial charge in [-0.05, 0) is 25.0 Å². The molecule has 6 heteroatoms. The van der Waals surface area contributed by atoms with Gasteiger partial charge in [0.15, 0.2) is 5.78 Å². The number of ketones is 1. The Hall–Kier alpha value is -2.11. The van der Waals surface area contributed by atoms with E-state index in [-0.39, 0.29) is 31.0 Å². The summed E-state index contributed by atoms with van der Waals surface area (Å²) in [6.07, 6.45) is 2.78. The summed E-state index contributed by atoms with van der Waals surface area (Å²) in [7, 11) is 0. The lowest BCUT2D eigenvalue weighted by Crippen LogP contribution is -2.27. The summed E-state index contributed by atoms with van der Waals surface area (Å²) < 4.78 is 10.7. The summed E-state index contributed by atoms with van der Waals surface area (Å²) in [6.45, 7) is 2.72. The van der Waals surface area contributed by atoms with Crippen LogP contribution in [0, 0.1) is 0 Å². The van der Waals surface area contributed by atoms with Crippen molar-refractivity contribution in [2.24, 2.45) is 0 Å². The summed E-state index contributed by atoms with van der Waals surface area (Å²) in [5.41, 5.74) is 0.591. The van der Waals surface area contributed by atoms with Crippen LogP contribution in [-0.2, 0) is 16.0 Å². The number of anilines is 1. The Morgan fingerprint density at radius 2 is 2.24 bits per heavy atom. The van der Waals surface area contributed by atoms with E-state index in [4.69, 9.17) is 9.47 Å². The van der Waals surface area contributed by atoms with Crippen molar-refractivity contribution in [2.75, 3.05) is 18.1 Å². The molecule has 1 saturated heterocycles. The van der Waals surface area contributed by atoms with Crippen molar-refractivity contribution in [3.63, 3.8) is 0 Å². The maximum atomic E-state index is 11.9. The Bertz CT molecular complexity index is 573. The molecular weight excluding hydrogens is 272 g/mol. The lowest BCUT2D eigenvalue weighted by Gasteiger charge is -2.18. The van der Waals surface area contributed by atoms with Gasteiger partial charge in [-0.15, -0.1) is 0 Å². The first-order chi connectivity index (χ1) is 10.2. The predicted octanol–water partition coefficient (Wildman–Crippen LogP) is 2.10. The molecule has 1 fully saturated rings. The molecule has 0 spiro atoms. The first kappa shape index (κ1) is 13.9. The second-order valence-electron chi connectivity index (χ2n) is 5.38. The number of carbonyl (C=O) groups excluding carboxylic acids is 2. The minimum atomic E-state index is -0.369. The summed E-state index contributed by atoms with van der Waals surface area (Å²) in [4.78, 5) is 29.3. The van der Waals surface area contributed by atoms with Crippen molar-refractivity contribution < 1.29 is 19.1 Å². The van der Waals surface area contributed by atoms with E-state index < -0.39 is 0 Å². The summed E-state index contributed by atoms with van der Waals surface area (Å²) >= 11 is 0. The van der Waals surface area contributed by atoms with Crippen molar-refractivity contribution in [2.45, 2.75) is 38.7 Å². The average Bonchev–Trinajstić information content (AvgIpc) is 2.85. The molecule has 112 valence electrons. The minimum Gasteiger partial charge on any atom is -0.484 e.